The van der Waals surface area contributed by atoms with Crippen molar-refractivity contribution in [2.75, 3.05) is 18.4 Å². The number of amides is 2. The SMILES string of the molecule is O=C(O)CC1CN(C(=O)Nc2ccc3ncccc3c2)C1. The van der Waals surface area contributed by atoms with Gasteiger partial charge in [0.15, 0.2) is 0 Å². The van der Waals surface area contributed by atoms with Crippen molar-refractivity contribution in [2.24, 2.45) is 5.92 Å². The largest absolute Gasteiger partial charge is 0.481 e. The number of likely N-dealkylation sites (tertiary alicyclic amines) is 1. The van der Waals surface area contributed by atoms with Gasteiger partial charge in [0, 0.05) is 36.3 Å². The molecule has 6 nitrogen and oxygen atoms in total. The van der Waals surface area contributed by atoms with Crippen molar-refractivity contribution in [3.63, 3.8) is 0 Å². The molecule has 0 saturated carbocycles. The molecule has 0 unspecified atom stereocenters. The number of hydrogen-bond donors (Lipinski definition) is 2. The Balaban J connectivity index is 1.61. The van der Waals surface area contributed by atoms with Gasteiger partial charge in [-0.15, -0.1) is 0 Å². The molecule has 0 radical (unpaired) electrons. The Bertz CT molecular complexity index is 695. The molecule has 2 aromatic rings. The molecule has 2 heterocycles. The third kappa shape index (κ3) is 2.94. The second-order valence-electron chi connectivity index (χ2n) is 5.21. The molecule has 108 valence electrons. The molecular formula is C15H15N3O3. The van der Waals surface area contributed by atoms with Crippen LogP contribution in [-0.4, -0.2) is 40.1 Å². The summed E-state index contributed by atoms with van der Waals surface area (Å²) in [5, 5.41) is 12.5. The summed E-state index contributed by atoms with van der Waals surface area (Å²) in [6.07, 6.45) is 1.84. The van der Waals surface area contributed by atoms with E-state index >= 15 is 0 Å². The van der Waals surface area contributed by atoms with E-state index in [-0.39, 0.29) is 18.4 Å². The van der Waals surface area contributed by atoms with Gasteiger partial charge in [-0.25, -0.2) is 4.79 Å². The van der Waals surface area contributed by atoms with Gasteiger partial charge in [-0.05, 0) is 24.3 Å². The van der Waals surface area contributed by atoms with Gasteiger partial charge in [0.25, 0.3) is 0 Å². The Morgan fingerprint density at radius 3 is 2.90 bits per heavy atom. The summed E-state index contributed by atoms with van der Waals surface area (Å²) < 4.78 is 0. The maximum Gasteiger partial charge on any atom is 0.321 e. The fraction of sp³-hybridized carbons (Fsp3) is 0.267. The summed E-state index contributed by atoms with van der Waals surface area (Å²) in [6.45, 7) is 0.987. The van der Waals surface area contributed by atoms with Crippen molar-refractivity contribution >= 4 is 28.6 Å². The van der Waals surface area contributed by atoms with Gasteiger partial charge in [0.1, 0.15) is 0 Å². The monoisotopic (exact) mass is 285 g/mol. The van der Waals surface area contributed by atoms with Gasteiger partial charge in [-0.3, -0.25) is 9.78 Å². The number of pyridine rings is 1. The lowest BCUT2D eigenvalue weighted by atomic mass is 9.97. The lowest BCUT2D eigenvalue weighted by molar-refractivity contribution is -0.139. The molecule has 1 aliphatic rings. The molecular weight excluding hydrogens is 270 g/mol. The van der Waals surface area contributed by atoms with Gasteiger partial charge in [0.05, 0.1) is 11.9 Å². The van der Waals surface area contributed by atoms with Crippen molar-refractivity contribution in [3.8, 4) is 0 Å². The van der Waals surface area contributed by atoms with E-state index in [9.17, 15) is 9.59 Å². The second-order valence-corrected chi connectivity index (χ2v) is 5.21. The van der Waals surface area contributed by atoms with E-state index in [0.717, 1.165) is 10.9 Å². The van der Waals surface area contributed by atoms with Crippen LogP contribution in [0.25, 0.3) is 10.9 Å². The maximum absolute atomic E-state index is 12.0. The molecule has 6 heteroatoms. The minimum Gasteiger partial charge on any atom is -0.481 e. The lowest BCUT2D eigenvalue weighted by Gasteiger charge is -2.38. The minimum absolute atomic E-state index is 0.0639. The van der Waals surface area contributed by atoms with Gasteiger partial charge in [-0.2, -0.15) is 0 Å². The summed E-state index contributed by atoms with van der Waals surface area (Å²) in [4.78, 5) is 28.4. The van der Waals surface area contributed by atoms with Crippen LogP contribution in [0.1, 0.15) is 6.42 Å². The normalized spacial score (nSPS) is 14.8. The number of hydrogen-bond acceptors (Lipinski definition) is 3. The van der Waals surface area contributed by atoms with Crippen LogP contribution < -0.4 is 5.32 Å². The summed E-state index contributed by atoms with van der Waals surface area (Å²) in [5.74, 6) is -0.754. The van der Waals surface area contributed by atoms with Gasteiger partial charge >= 0.3 is 12.0 Å². The van der Waals surface area contributed by atoms with Crippen LogP contribution in [-0.2, 0) is 4.79 Å². The van der Waals surface area contributed by atoms with Gasteiger partial charge < -0.3 is 15.3 Å². The van der Waals surface area contributed by atoms with Crippen molar-refractivity contribution in [2.45, 2.75) is 6.42 Å². The van der Waals surface area contributed by atoms with Crippen LogP contribution in [0.4, 0.5) is 10.5 Å². The number of aromatic nitrogens is 1. The number of urea groups is 1. The molecule has 1 fully saturated rings. The zero-order chi connectivity index (χ0) is 14.8. The van der Waals surface area contributed by atoms with Crippen LogP contribution in [0.2, 0.25) is 0 Å². The highest BCUT2D eigenvalue weighted by molar-refractivity contribution is 5.93. The molecule has 0 aliphatic carbocycles. The Kier molecular flexibility index (Phi) is 3.43. The summed E-state index contributed by atoms with van der Waals surface area (Å²) in [7, 11) is 0. The smallest absolute Gasteiger partial charge is 0.321 e. The van der Waals surface area contributed by atoms with E-state index < -0.39 is 5.97 Å². The predicted molar refractivity (Wildman–Crippen MR) is 78.1 cm³/mol. The molecule has 2 N–H and O–H groups in total. The Hall–Kier alpha value is -2.63. The first-order valence-electron chi connectivity index (χ1n) is 6.74. The number of aliphatic carboxylic acids is 1. The number of carboxylic acids is 1. The van der Waals surface area contributed by atoms with E-state index in [1.807, 2.05) is 30.3 Å². The van der Waals surface area contributed by atoms with Gasteiger partial charge in [-0.1, -0.05) is 6.07 Å². The first-order chi connectivity index (χ1) is 10.1. The number of carbonyl (C=O) groups excluding carboxylic acids is 1. The fourth-order valence-electron chi connectivity index (χ4n) is 2.47. The quantitative estimate of drug-likeness (QED) is 0.905. The van der Waals surface area contributed by atoms with Crippen molar-refractivity contribution < 1.29 is 14.7 Å². The highest BCUT2D eigenvalue weighted by Crippen LogP contribution is 2.22. The molecule has 21 heavy (non-hydrogen) atoms. The number of nitrogens with one attached hydrogen (secondary N) is 1. The third-order valence-corrected chi connectivity index (χ3v) is 3.56. The third-order valence-electron chi connectivity index (χ3n) is 3.56. The summed E-state index contributed by atoms with van der Waals surface area (Å²) in [6, 6.07) is 9.12. The molecule has 2 amide bonds. The first-order valence-corrected chi connectivity index (χ1v) is 6.74. The van der Waals surface area contributed by atoms with Crippen LogP contribution in [0.3, 0.4) is 0 Å². The van der Waals surface area contributed by atoms with E-state index in [2.05, 4.69) is 10.3 Å². The zero-order valence-corrected chi connectivity index (χ0v) is 11.3. The van der Waals surface area contributed by atoms with Crippen LogP contribution >= 0.6 is 0 Å². The topological polar surface area (TPSA) is 82.5 Å². The minimum atomic E-state index is -0.818. The summed E-state index contributed by atoms with van der Waals surface area (Å²) >= 11 is 0. The average Bonchev–Trinajstić information content (AvgIpc) is 2.42. The van der Waals surface area contributed by atoms with Gasteiger partial charge in [0.2, 0.25) is 0 Å². The van der Waals surface area contributed by atoms with Crippen LogP contribution in [0, 0.1) is 5.92 Å². The molecule has 1 aromatic carbocycles. The number of fused-ring (bicyclic) bond motifs is 1. The fourth-order valence-corrected chi connectivity index (χ4v) is 2.47. The van der Waals surface area contributed by atoms with Crippen LogP contribution in [0.5, 0.6) is 0 Å². The van der Waals surface area contributed by atoms with Crippen molar-refractivity contribution in [1.82, 2.24) is 9.88 Å². The zero-order valence-electron chi connectivity index (χ0n) is 11.3. The molecule has 1 saturated heterocycles. The van der Waals surface area contributed by atoms with E-state index in [4.69, 9.17) is 5.11 Å². The Labute approximate surface area is 121 Å². The first kappa shape index (κ1) is 13.4. The highest BCUT2D eigenvalue weighted by Gasteiger charge is 2.31. The maximum atomic E-state index is 12.0. The Morgan fingerprint density at radius 2 is 2.14 bits per heavy atom. The molecule has 0 bridgehead atoms. The van der Waals surface area contributed by atoms with E-state index in [1.165, 1.54) is 0 Å². The van der Waals surface area contributed by atoms with Crippen molar-refractivity contribution in [1.29, 1.82) is 0 Å². The summed E-state index contributed by atoms with van der Waals surface area (Å²) in [5.41, 5.74) is 1.59. The highest BCUT2D eigenvalue weighted by atomic mass is 16.4. The van der Waals surface area contributed by atoms with E-state index in [1.54, 1.807) is 11.1 Å². The molecule has 1 aliphatic heterocycles. The Morgan fingerprint density at radius 1 is 1.33 bits per heavy atom. The number of benzene rings is 1. The number of anilines is 1. The molecule has 0 atom stereocenters. The number of carbonyl (C=O) groups is 2. The molecule has 1 aromatic heterocycles. The van der Waals surface area contributed by atoms with Crippen LogP contribution in [0.15, 0.2) is 36.5 Å². The van der Waals surface area contributed by atoms with Crippen molar-refractivity contribution in [3.05, 3.63) is 36.5 Å². The number of nitrogens with zero attached hydrogens (tertiary/aromatic N) is 2. The standard InChI is InChI=1S/C15H15N3O3/c19-14(20)6-10-8-18(9-10)15(21)17-12-3-4-13-11(7-12)2-1-5-16-13/h1-5,7,10H,6,8-9H2,(H,17,21)(H,19,20). The average molecular weight is 285 g/mol. The molecule has 0 spiro atoms. The lowest BCUT2D eigenvalue weighted by Crippen LogP contribution is -2.52. The predicted octanol–water partition coefficient (Wildman–Crippen LogP) is 2.17. The molecule has 3 rings (SSSR count). The second kappa shape index (κ2) is 5.40. The number of rotatable bonds is 3. The number of carboxylic acid groups (broad SMARTS) is 1. The van der Waals surface area contributed by atoms with E-state index in [0.29, 0.717) is 18.8 Å².